The van der Waals surface area contributed by atoms with E-state index in [1.807, 2.05) is 6.07 Å². The lowest BCUT2D eigenvalue weighted by Crippen LogP contribution is -2.12. The van der Waals surface area contributed by atoms with Crippen LogP contribution in [0, 0.1) is 0 Å². The molecule has 1 amide bonds. The number of hydrogen-bond acceptors (Lipinski definition) is 3. The van der Waals surface area contributed by atoms with Crippen LogP contribution in [-0.4, -0.2) is 10.9 Å². The highest BCUT2D eigenvalue weighted by molar-refractivity contribution is 7.13. The third-order valence-corrected chi connectivity index (χ3v) is 3.10. The van der Waals surface area contributed by atoms with Crippen LogP contribution in [0.4, 0.5) is 0 Å². The number of halogens is 1. The molecular formula is C10H7ClN2OS. The van der Waals surface area contributed by atoms with Crippen molar-refractivity contribution in [2.45, 2.75) is 0 Å². The van der Waals surface area contributed by atoms with Gasteiger partial charge in [-0.1, -0.05) is 29.8 Å². The molecule has 1 aromatic heterocycles. The molecule has 0 aliphatic rings. The first-order chi connectivity index (χ1) is 7.18. The number of benzene rings is 1. The summed E-state index contributed by atoms with van der Waals surface area (Å²) in [5.74, 6) is -0.461. The zero-order valence-corrected chi connectivity index (χ0v) is 9.18. The standard InChI is InChI=1S/C10H7ClN2OS/c11-8-5-15-10(13-8)7-4-2-1-3-6(7)9(12)14/h1-5H,(H2,12,14). The summed E-state index contributed by atoms with van der Waals surface area (Å²) in [5.41, 5.74) is 6.45. The lowest BCUT2D eigenvalue weighted by atomic mass is 10.1. The Morgan fingerprint density at radius 1 is 1.40 bits per heavy atom. The minimum atomic E-state index is -0.461. The van der Waals surface area contributed by atoms with Gasteiger partial charge in [-0.05, 0) is 6.07 Å². The summed E-state index contributed by atoms with van der Waals surface area (Å²) in [4.78, 5) is 15.3. The fourth-order valence-electron chi connectivity index (χ4n) is 1.26. The van der Waals surface area contributed by atoms with E-state index in [1.54, 1.807) is 23.6 Å². The molecule has 2 rings (SSSR count). The van der Waals surface area contributed by atoms with E-state index < -0.39 is 5.91 Å². The average molecular weight is 239 g/mol. The van der Waals surface area contributed by atoms with Crippen LogP contribution in [0.25, 0.3) is 10.6 Å². The molecule has 15 heavy (non-hydrogen) atoms. The Kier molecular flexibility index (Phi) is 2.70. The van der Waals surface area contributed by atoms with Crippen molar-refractivity contribution in [2.24, 2.45) is 5.73 Å². The highest BCUT2D eigenvalue weighted by Crippen LogP contribution is 2.28. The molecule has 3 nitrogen and oxygen atoms in total. The van der Waals surface area contributed by atoms with Crippen molar-refractivity contribution >= 4 is 28.8 Å². The summed E-state index contributed by atoms with van der Waals surface area (Å²) < 4.78 is 0. The van der Waals surface area contributed by atoms with E-state index in [9.17, 15) is 4.79 Å². The largest absolute Gasteiger partial charge is 0.366 e. The van der Waals surface area contributed by atoms with Crippen LogP contribution in [0.15, 0.2) is 29.6 Å². The lowest BCUT2D eigenvalue weighted by Gasteiger charge is -2.01. The van der Waals surface area contributed by atoms with Gasteiger partial charge >= 0.3 is 0 Å². The number of rotatable bonds is 2. The SMILES string of the molecule is NC(=O)c1ccccc1-c1nc(Cl)cs1. The summed E-state index contributed by atoms with van der Waals surface area (Å²) in [6, 6.07) is 7.07. The molecule has 0 aliphatic carbocycles. The van der Waals surface area contributed by atoms with Gasteiger partial charge in [0.25, 0.3) is 0 Å². The fourth-order valence-corrected chi connectivity index (χ4v) is 2.25. The third-order valence-electron chi connectivity index (χ3n) is 1.90. The van der Waals surface area contributed by atoms with Gasteiger partial charge in [0.05, 0.1) is 0 Å². The molecule has 0 unspecified atom stereocenters. The van der Waals surface area contributed by atoms with Crippen LogP contribution in [-0.2, 0) is 0 Å². The molecule has 2 N–H and O–H groups in total. The van der Waals surface area contributed by atoms with Crippen molar-refractivity contribution < 1.29 is 4.79 Å². The molecule has 1 aromatic carbocycles. The van der Waals surface area contributed by atoms with Gasteiger partial charge in [0, 0.05) is 16.5 Å². The van der Waals surface area contributed by atoms with Crippen molar-refractivity contribution in [3.8, 4) is 10.6 Å². The van der Waals surface area contributed by atoms with Gasteiger partial charge in [-0.15, -0.1) is 11.3 Å². The molecule has 0 saturated carbocycles. The molecule has 5 heteroatoms. The highest BCUT2D eigenvalue weighted by Gasteiger charge is 2.11. The minimum Gasteiger partial charge on any atom is -0.366 e. The Hall–Kier alpha value is -1.39. The summed E-state index contributed by atoms with van der Waals surface area (Å²) in [6.07, 6.45) is 0. The fraction of sp³-hybridized carbons (Fsp3) is 0. The van der Waals surface area contributed by atoms with E-state index >= 15 is 0 Å². The molecule has 0 fully saturated rings. The molecule has 2 aromatic rings. The second-order valence-corrected chi connectivity index (χ2v) is 4.13. The molecular weight excluding hydrogens is 232 g/mol. The number of carbonyl (C=O) groups excluding carboxylic acids is 1. The maximum atomic E-state index is 11.2. The number of thiazole rings is 1. The second-order valence-electron chi connectivity index (χ2n) is 2.89. The van der Waals surface area contributed by atoms with Crippen molar-refractivity contribution in [3.05, 3.63) is 40.4 Å². The lowest BCUT2D eigenvalue weighted by molar-refractivity contribution is 0.100. The van der Waals surface area contributed by atoms with Gasteiger partial charge in [0.2, 0.25) is 5.91 Å². The van der Waals surface area contributed by atoms with Gasteiger partial charge in [0.1, 0.15) is 10.2 Å². The number of primary amides is 1. The van der Waals surface area contributed by atoms with Crippen molar-refractivity contribution in [3.63, 3.8) is 0 Å². The molecule has 1 heterocycles. The number of hydrogen-bond donors (Lipinski definition) is 1. The van der Waals surface area contributed by atoms with Gasteiger partial charge in [-0.2, -0.15) is 0 Å². The minimum absolute atomic E-state index is 0.425. The Morgan fingerprint density at radius 2 is 2.13 bits per heavy atom. The monoisotopic (exact) mass is 238 g/mol. The van der Waals surface area contributed by atoms with Crippen LogP contribution in [0.5, 0.6) is 0 Å². The number of aromatic nitrogens is 1. The van der Waals surface area contributed by atoms with Crippen LogP contribution in [0.3, 0.4) is 0 Å². The van der Waals surface area contributed by atoms with Crippen LogP contribution >= 0.6 is 22.9 Å². The van der Waals surface area contributed by atoms with E-state index in [4.69, 9.17) is 17.3 Å². The van der Waals surface area contributed by atoms with Gasteiger partial charge in [-0.25, -0.2) is 4.98 Å². The second kappa shape index (κ2) is 4.00. The molecule has 0 spiro atoms. The first-order valence-electron chi connectivity index (χ1n) is 4.18. The highest BCUT2D eigenvalue weighted by atomic mass is 35.5. The molecule has 0 aliphatic heterocycles. The summed E-state index contributed by atoms with van der Waals surface area (Å²) in [7, 11) is 0. The van der Waals surface area contributed by atoms with Crippen molar-refractivity contribution in [1.29, 1.82) is 0 Å². The Bertz CT molecular complexity index is 510. The quantitative estimate of drug-likeness (QED) is 0.874. The maximum absolute atomic E-state index is 11.2. The van der Waals surface area contributed by atoms with E-state index in [0.717, 1.165) is 5.56 Å². The first kappa shape index (κ1) is 10.1. The average Bonchev–Trinajstić information content (AvgIpc) is 2.65. The zero-order valence-electron chi connectivity index (χ0n) is 7.61. The molecule has 0 bridgehead atoms. The Labute approximate surface area is 95.5 Å². The van der Waals surface area contributed by atoms with Crippen molar-refractivity contribution in [1.82, 2.24) is 4.98 Å². The first-order valence-corrected chi connectivity index (χ1v) is 5.44. The van der Waals surface area contributed by atoms with E-state index in [1.165, 1.54) is 11.3 Å². The topological polar surface area (TPSA) is 56.0 Å². The Morgan fingerprint density at radius 3 is 2.73 bits per heavy atom. The number of amides is 1. The van der Waals surface area contributed by atoms with Crippen molar-refractivity contribution in [2.75, 3.05) is 0 Å². The van der Waals surface area contributed by atoms with Crippen LogP contribution in [0.1, 0.15) is 10.4 Å². The van der Waals surface area contributed by atoms with E-state index in [2.05, 4.69) is 4.98 Å². The number of nitrogens with two attached hydrogens (primary N) is 1. The number of nitrogens with zero attached hydrogens (tertiary/aromatic N) is 1. The summed E-state index contributed by atoms with van der Waals surface area (Å²) in [5, 5.41) is 2.85. The van der Waals surface area contributed by atoms with Crippen LogP contribution < -0.4 is 5.73 Å². The van der Waals surface area contributed by atoms with E-state index in [0.29, 0.717) is 15.7 Å². The normalized spacial score (nSPS) is 10.2. The predicted octanol–water partition coefficient (Wildman–Crippen LogP) is 2.56. The summed E-state index contributed by atoms with van der Waals surface area (Å²) >= 11 is 7.11. The van der Waals surface area contributed by atoms with Gasteiger partial charge in [-0.3, -0.25) is 4.79 Å². The zero-order chi connectivity index (χ0) is 10.8. The van der Waals surface area contributed by atoms with Gasteiger partial charge in [0.15, 0.2) is 0 Å². The molecule has 0 atom stereocenters. The predicted molar refractivity (Wildman–Crippen MR) is 61.1 cm³/mol. The number of carbonyl (C=O) groups is 1. The van der Waals surface area contributed by atoms with Gasteiger partial charge < -0.3 is 5.73 Å². The Balaban J connectivity index is 2.57. The summed E-state index contributed by atoms with van der Waals surface area (Å²) in [6.45, 7) is 0. The molecule has 0 radical (unpaired) electrons. The smallest absolute Gasteiger partial charge is 0.249 e. The molecule has 76 valence electrons. The van der Waals surface area contributed by atoms with Crippen LogP contribution in [0.2, 0.25) is 5.15 Å². The maximum Gasteiger partial charge on any atom is 0.249 e. The third kappa shape index (κ3) is 2.00. The van der Waals surface area contributed by atoms with E-state index in [-0.39, 0.29) is 0 Å². The molecule has 0 saturated heterocycles.